The lowest BCUT2D eigenvalue weighted by Gasteiger charge is -2.02. The summed E-state index contributed by atoms with van der Waals surface area (Å²) in [6.07, 6.45) is 0. The summed E-state index contributed by atoms with van der Waals surface area (Å²) in [5.74, 6) is 1.04. The number of fused-ring (bicyclic) bond motifs is 2. The highest BCUT2D eigenvalue weighted by Gasteiger charge is 2.14. The average molecular weight is 216 g/mol. The molecule has 0 saturated heterocycles. The number of rotatable bonds is 1. The van der Waals surface area contributed by atoms with Gasteiger partial charge in [0, 0.05) is 11.5 Å². The van der Waals surface area contributed by atoms with E-state index in [-0.39, 0.29) is 5.55 Å². The number of nitrogens with one attached hydrogen (secondary N) is 1. The van der Waals surface area contributed by atoms with Gasteiger partial charge in [-0.2, -0.15) is 0 Å². The van der Waals surface area contributed by atoms with Gasteiger partial charge >= 0.3 is 0 Å². The minimum Gasteiger partial charge on any atom is -0.497 e. The molecular weight excluding hydrogens is 208 g/mol. The molecule has 0 spiro atoms. The molecule has 1 aromatic rings. The molecule has 5 nitrogen and oxygen atoms in total. The maximum Gasteiger partial charge on any atom is 0.269 e. The molecule has 16 heavy (non-hydrogen) atoms. The van der Waals surface area contributed by atoms with Crippen LogP contribution in [0, 0.1) is 5.41 Å². The fourth-order valence-corrected chi connectivity index (χ4v) is 1.59. The van der Waals surface area contributed by atoms with E-state index in [2.05, 4.69) is 5.16 Å². The highest BCUT2D eigenvalue weighted by atomic mass is 16.5. The molecule has 1 N–H and O–H groups in total. The predicted molar refractivity (Wildman–Crippen MR) is 55.3 cm³/mol. The molecule has 5 heteroatoms. The molecule has 2 aliphatic heterocycles. The van der Waals surface area contributed by atoms with Crippen LogP contribution in [0.15, 0.2) is 33.2 Å². The molecule has 0 atom stereocenters. The second kappa shape index (κ2) is 3.10. The zero-order valence-electron chi connectivity index (χ0n) is 8.48. The molecule has 0 aromatic heterocycles. The van der Waals surface area contributed by atoms with Gasteiger partial charge in [-0.1, -0.05) is 0 Å². The van der Waals surface area contributed by atoms with E-state index < -0.39 is 0 Å². The molecule has 80 valence electrons. The Kier molecular flexibility index (Phi) is 1.73. The summed E-state index contributed by atoms with van der Waals surface area (Å²) in [5, 5.41) is 12.0. The summed E-state index contributed by atoms with van der Waals surface area (Å²) >= 11 is 0. The third-order valence-corrected chi connectivity index (χ3v) is 2.42. The first-order chi connectivity index (χ1) is 7.78. The van der Waals surface area contributed by atoms with Gasteiger partial charge in [-0.05, 0) is 23.4 Å². The number of ether oxygens (including phenoxy) is 1. The number of hydrogen-bond acceptors (Lipinski definition) is 5. The molecule has 0 saturated carbocycles. The molecule has 0 unspecified atom stereocenters. The average Bonchev–Trinajstić information content (AvgIpc) is 2.67. The SMILES string of the molecule is COc1ccc2cc3c(=N)onc-3oc2c1. The van der Waals surface area contributed by atoms with Crippen molar-refractivity contribution in [1.29, 1.82) is 5.41 Å². The summed E-state index contributed by atoms with van der Waals surface area (Å²) in [7, 11) is 1.59. The summed E-state index contributed by atoms with van der Waals surface area (Å²) < 4.78 is 15.3. The van der Waals surface area contributed by atoms with Crippen LogP contribution in [-0.2, 0) is 0 Å². The maximum absolute atomic E-state index is 7.48. The summed E-state index contributed by atoms with van der Waals surface area (Å²) in [4.78, 5) is 0. The van der Waals surface area contributed by atoms with Crippen molar-refractivity contribution in [3.8, 4) is 17.2 Å². The normalized spacial score (nSPS) is 11.1. The first-order valence-electron chi connectivity index (χ1n) is 4.70. The van der Waals surface area contributed by atoms with Gasteiger partial charge in [-0.3, -0.25) is 5.41 Å². The Balaban J connectivity index is 2.40. The Hall–Kier alpha value is -2.30. The van der Waals surface area contributed by atoms with Gasteiger partial charge in [0.1, 0.15) is 16.9 Å². The highest BCUT2D eigenvalue weighted by Crippen LogP contribution is 2.27. The fourth-order valence-electron chi connectivity index (χ4n) is 1.59. The topological polar surface area (TPSA) is 72.2 Å². The van der Waals surface area contributed by atoms with E-state index in [1.165, 1.54) is 0 Å². The zero-order valence-corrected chi connectivity index (χ0v) is 8.48. The number of aromatic nitrogens is 1. The lowest BCUT2D eigenvalue weighted by molar-refractivity contribution is 0.368. The van der Waals surface area contributed by atoms with Crippen LogP contribution in [0.5, 0.6) is 5.75 Å². The van der Waals surface area contributed by atoms with Crippen LogP contribution in [0.4, 0.5) is 0 Å². The van der Waals surface area contributed by atoms with E-state index in [0.717, 1.165) is 5.39 Å². The number of hydrogen-bond donors (Lipinski definition) is 1. The van der Waals surface area contributed by atoms with E-state index in [4.69, 9.17) is 19.1 Å². The van der Waals surface area contributed by atoms with Crippen molar-refractivity contribution in [2.24, 2.45) is 0 Å². The number of benzene rings is 1. The van der Waals surface area contributed by atoms with Gasteiger partial charge in [0.2, 0.25) is 0 Å². The number of methoxy groups -OCH3 is 1. The second-order valence-corrected chi connectivity index (χ2v) is 3.38. The van der Waals surface area contributed by atoms with E-state index in [0.29, 0.717) is 22.8 Å². The first kappa shape index (κ1) is 8.96. The molecule has 0 bridgehead atoms. The van der Waals surface area contributed by atoms with Crippen molar-refractivity contribution < 1.29 is 13.7 Å². The Labute approximate surface area is 90.1 Å². The Morgan fingerprint density at radius 2 is 2.19 bits per heavy atom. The van der Waals surface area contributed by atoms with Crippen LogP contribution in [0.3, 0.4) is 0 Å². The van der Waals surface area contributed by atoms with Crippen LogP contribution in [-0.4, -0.2) is 12.3 Å². The van der Waals surface area contributed by atoms with Crippen LogP contribution in [0.2, 0.25) is 0 Å². The van der Waals surface area contributed by atoms with Gasteiger partial charge in [0.15, 0.2) is 0 Å². The number of nitrogens with zero attached hydrogens (tertiary/aromatic N) is 1. The molecule has 3 rings (SSSR count). The third kappa shape index (κ3) is 1.18. The molecule has 0 fully saturated rings. The Morgan fingerprint density at radius 3 is 3.00 bits per heavy atom. The van der Waals surface area contributed by atoms with E-state index in [9.17, 15) is 0 Å². The monoisotopic (exact) mass is 216 g/mol. The van der Waals surface area contributed by atoms with Crippen molar-refractivity contribution in [2.45, 2.75) is 0 Å². The molecule has 2 heterocycles. The quantitative estimate of drug-likeness (QED) is 0.675. The van der Waals surface area contributed by atoms with Crippen LogP contribution in [0.1, 0.15) is 0 Å². The van der Waals surface area contributed by atoms with Crippen LogP contribution >= 0.6 is 0 Å². The summed E-state index contributed by atoms with van der Waals surface area (Å²) in [5.41, 5.74) is 1.23. The lowest BCUT2D eigenvalue weighted by atomic mass is 10.2. The van der Waals surface area contributed by atoms with Crippen LogP contribution < -0.4 is 10.3 Å². The minimum atomic E-state index is 0.0106. The summed E-state index contributed by atoms with van der Waals surface area (Å²) in [6, 6.07) is 7.28. The first-order valence-corrected chi connectivity index (χ1v) is 4.70. The molecule has 0 aliphatic carbocycles. The minimum absolute atomic E-state index is 0.0106. The van der Waals surface area contributed by atoms with E-state index >= 15 is 0 Å². The van der Waals surface area contributed by atoms with Gasteiger partial charge in [-0.25, -0.2) is 0 Å². The van der Waals surface area contributed by atoms with Crippen molar-refractivity contribution in [1.82, 2.24) is 5.16 Å². The largest absolute Gasteiger partial charge is 0.497 e. The van der Waals surface area contributed by atoms with Crippen molar-refractivity contribution in [3.05, 3.63) is 29.8 Å². The van der Waals surface area contributed by atoms with Crippen LogP contribution in [0.25, 0.3) is 22.4 Å². The van der Waals surface area contributed by atoms with Gasteiger partial charge in [0.25, 0.3) is 11.4 Å². The second-order valence-electron chi connectivity index (χ2n) is 3.38. The third-order valence-electron chi connectivity index (χ3n) is 2.42. The lowest BCUT2D eigenvalue weighted by Crippen LogP contribution is -1.95. The standard InChI is InChI=1S/C11H8N2O3/c1-14-7-3-2-6-4-8-10(12)16-13-11(8)15-9(6)5-7/h2-5,12H,1H3. The molecular formula is C11H8N2O3. The van der Waals surface area contributed by atoms with Gasteiger partial charge < -0.3 is 13.7 Å². The maximum atomic E-state index is 7.48. The van der Waals surface area contributed by atoms with Gasteiger partial charge in [-0.15, -0.1) is 0 Å². The molecule has 1 aromatic carbocycles. The van der Waals surface area contributed by atoms with Crippen molar-refractivity contribution >= 4 is 11.0 Å². The molecule has 0 amide bonds. The fraction of sp³-hybridized carbons (Fsp3) is 0.0909. The van der Waals surface area contributed by atoms with Crippen molar-refractivity contribution in [3.63, 3.8) is 0 Å². The smallest absolute Gasteiger partial charge is 0.269 e. The Morgan fingerprint density at radius 1 is 1.31 bits per heavy atom. The van der Waals surface area contributed by atoms with E-state index in [1.807, 2.05) is 18.2 Å². The predicted octanol–water partition coefficient (Wildman–Crippen LogP) is 2.01. The van der Waals surface area contributed by atoms with E-state index in [1.54, 1.807) is 13.2 Å². The molecule has 0 radical (unpaired) electrons. The highest BCUT2D eigenvalue weighted by molar-refractivity contribution is 5.82. The molecule has 2 aliphatic rings. The summed E-state index contributed by atoms with van der Waals surface area (Å²) in [6.45, 7) is 0. The Bertz CT molecular complexity index is 683. The van der Waals surface area contributed by atoms with Crippen molar-refractivity contribution in [2.75, 3.05) is 7.11 Å². The zero-order chi connectivity index (χ0) is 11.1. The van der Waals surface area contributed by atoms with Gasteiger partial charge in [0.05, 0.1) is 7.11 Å².